The van der Waals surface area contributed by atoms with Crippen LogP contribution in [0.15, 0.2) is 28.9 Å². The monoisotopic (exact) mass is 561 g/mol. The third-order valence-electron chi connectivity index (χ3n) is 7.02. The Morgan fingerprint density at radius 3 is 2.63 bits per heavy atom. The molecule has 1 amide bonds. The summed E-state index contributed by atoms with van der Waals surface area (Å²) >= 11 is 3.69. The van der Waals surface area contributed by atoms with Crippen LogP contribution in [0.1, 0.15) is 63.0 Å². The molecule has 2 heterocycles. The highest BCUT2D eigenvalue weighted by Gasteiger charge is 2.42. The van der Waals surface area contributed by atoms with Crippen LogP contribution in [0.2, 0.25) is 18.1 Å². The van der Waals surface area contributed by atoms with E-state index in [1.165, 1.54) is 0 Å². The number of halogens is 1. The van der Waals surface area contributed by atoms with Crippen LogP contribution in [0.4, 0.5) is 11.5 Å². The number of nitrogens with two attached hydrogens (primary N) is 1. The van der Waals surface area contributed by atoms with Crippen molar-refractivity contribution in [2.24, 2.45) is 11.7 Å². The summed E-state index contributed by atoms with van der Waals surface area (Å²) < 4.78 is 14.9. The van der Waals surface area contributed by atoms with Gasteiger partial charge in [-0.2, -0.15) is 10.4 Å². The summed E-state index contributed by atoms with van der Waals surface area (Å²) in [6, 6.07) is 7.91. The first-order valence-electron chi connectivity index (χ1n) is 11.8. The highest BCUT2D eigenvalue weighted by molar-refractivity contribution is 9.10. The zero-order chi connectivity index (χ0) is 26.2. The summed E-state index contributed by atoms with van der Waals surface area (Å²) in [6.45, 7) is 16.2. The minimum Gasteiger partial charge on any atom is -0.408 e. The molecule has 190 valence electrons. The van der Waals surface area contributed by atoms with E-state index in [4.69, 9.17) is 14.9 Å². The minimum absolute atomic E-state index is 0.0694. The third-order valence-corrected chi connectivity index (χ3v) is 12.3. The first kappa shape index (κ1) is 27.4. The maximum Gasteiger partial charge on any atom is 0.254 e. The second-order valence-electron chi connectivity index (χ2n) is 11.1. The van der Waals surface area contributed by atoms with Crippen LogP contribution in [0, 0.1) is 17.2 Å². The van der Waals surface area contributed by atoms with Gasteiger partial charge in [0, 0.05) is 23.0 Å². The first-order chi connectivity index (χ1) is 16.2. The minimum atomic E-state index is -2.04. The Bertz CT molecular complexity index is 1130. The van der Waals surface area contributed by atoms with Crippen LogP contribution >= 0.6 is 15.9 Å². The Balaban J connectivity index is 1.94. The average Bonchev–Trinajstić information content (AvgIpc) is 3.17. The van der Waals surface area contributed by atoms with Gasteiger partial charge in [-0.05, 0) is 62.2 Å². The van der Waals surface area contributed by atoms with Crippen molar-refractivity contribution in [2.75, 3.05) is 18.5 Å². The van der Waals surface area contributed by atoms with E-state index >= 15 is 0 Å². The molecule has 1 aromatic heterocycles. The Morgan fingerprint density at radius 1 is 1.34 bits per heavy atom. The predicted molar refractivity (Wildman–Crippen MR) is 143 cm³/mol. The van der Waals surface area contributed by atoms with E-state index in [1.54, 1.807) is 10.9 Å². The molecule has 1 aromatic carbocycles. The number of nitrogens with one attached hydrogen (secondary N) is 1. The fraction of sp³-hybridized carbons (Fsp3) is 0.560. The van der Waals surface area contributed by atoms with Crippen LogP contribution in [0.5, 0.6) is 0 Å². The zero-order valence-corrected chi connectivity index (χ0v) is 24.2. The number of ether oxygens (including phenoxy) is 1. The van der Waals surface area contributed by atoms with Crippen LogP contribution in [0.25, 0.3) is 0 Å². The lowest BCUT2D eigenvalue weighted by Gasteiger charge is -2.43. The molecule has 3 rings (SSSR count). The second-order valence-corrected chi connectivity index (χ2v) is 16.7. The van der Waals surface area contributed by atoms with Crippen molar-refractivity contribution in [3.63, 3.8) is 0 Å². The van der Waals surface area contributed by atoms with Gasteiger partial charge in [-0.3, -0.25) is 9.48 Å². The summed E-state index contributed by atoms with van der Waals surface area (Å²) in [6.07, 6.45) is 2.22. The van der Waals surface area contributed by atoms with Crippen molar-refractivity contribution in [3.8, 4) is 6.07 Å². The number of primary amides is 1. The second kappa shape index (κ2) is 10.0. The van der Waals surface area contributed by atoms with E-state index in [2.05, 4.69) is 80.1 Å². The molecule has 0 spiro atoms. The number of carbonyl (C=O) groups excluding carboxylic acids is 1. The van der Waals surface area contributed by atoms with E-state index in [-0.39, 0.29) is 22.6 Å². The van der Waals surface area contributed by atoms with E-state index in [1.807, 2.05) is 18.2 Å². The molecule has 1 saturated heterocycles. The molecule has 0 bridgehead atoms. The van der Waals surface area contributed by atoms with Crippen LogP contribution in [-0.4, -0.2) is 37.2 Å². The number of hydrogen-bond donors (Lipinski definition) is 2. The van der Waals surface area contributed by atoms with E-state index in [0.717, 1.165) is 15.7 Å². The molecule has 8 nitrogen and oxygen atoms in total. The molecule has 1 aliphatic heterocycles. The lowest BCUT2D eigenvalue weighted by Crippen LogP contribution is -2.46. The number of carbonyl (C=O) groups is 1. The molecule has 10 heteroatoms. The number of nitrogens with zero attached hydrogens (tertiary/aromatic N) is 3. The van der Waals surface area contributed by atoms with Crippen LogP contribution < -0.4 is 11.1 Å². The predicted octanol–water partition coefficient (Wildman–Crippen LogP) is 5.85. The molecule has 35 heavy (non-hydrogen) atoms. The smallest absolute Gasteiger partial charge is 0.254 e. The summed E-state index contributed by atoms with van der Waals surface area (Å²) in [7, 11) is -2.04. The maximum absolute atomic E-state index is 12.2. The number of benzene rings is 1. The molecule has 1 aliphatic rings. The largest absolute Gasteiger partial charge is 0.408 e. The summed E-state index contributed by atoms with van der Waals surface area (Å²) in [4.78, 5) is 12.2. The molecular formula is C25H36BrN5O3Si. The number of anilines is 2. The van der Waals surface area contributed by atoms with Crippen molar-refractivity contribution in [3.05, 3.63) is 40.0 Å². The fourth-order valence-corrected chi connectivity index (χ4v) is 6.43. The Kier molecular flexibility index (Phi) is 7.87. The highest BCUT2D eigenvalue weighted by Crippen LogP contribution is 2.43. The van der Waals surface area contributed by atoms with Gasteiger partial charge in [-0.15, -0.1) is 0 Å². The fourth-order valence-electron chi connectivity index (χ4n) is 4.02. The highest BCUT2D eigenvalue weighted by atomic mass is 79.9. The number of rotatable bonds is 7. The molecule has 3 N–H and O–H groups in total. The quantitative estimate of drug-likeness (QED) is 0.410. The van der Waals surface area contributed by atoms with Gasteiger partial charge in [0.25, 0.3) is 5.91 Å². The van der Waals surface area contributed by atoms with Crippen LogP contribution in [-0.2, 0) is 14.8 Å². The molecule has 0 saturated carbocycles. The average molecular weight is 563 g/mol. The Hall–Kier alpha value is -2.19. The van der Waals surface area contributed by atoms with Crippen molar-refractivity contribution in [1.82, 2.24) is 9.78 Å². The normalized spacial score (nSPS) is 19.3. The van der Waals surface area contributed by atoms with E-state index < -0.39 is 19.8 Å². The van der Waals surface area contributed by atoms with Gasteiger partial charge in [0.2, 0.25) is 0 Å². The molecule has 0 radical (unpaired) electrons. The molecule has 1 fully saturated rings. The van der Waals surface area contributed by atoms with Gasteiger partial charge < -0.3 is 20.2 Å². The maximum atomic E-state index is 12.2. The van der Waals surface area contributed by atoms with Gasteiger partial charge in [0.1, 0.15) is 5.56 Å². The van der Waals surface area contributed by atoms with Gasteiger partial charge in [-0.25, -0.2) is 0 Å². The molecule has 0 aliphatic carbocycles. The van der Waals surface area contributed by atoms with E-state index in [0.29, 0.717) is 25.5 Å². The molecule has 2 atom stereocenters. The summed E-state index contributed by atoms with van der Waals surface area (Å²) in [5, 5.41) is 17.5. The number of nitriles is 1. The van der Waals surface area contributed by atoms with E-state index in [9.17, 15) is 10.1 Å². The van der Waals surface area contributed by atoms with Crippen molar-refractivity contribution in [2.45, 2.75) is 70.8 Å². The number of hydrogen-bond acceptors (Lipinski definition) is 6. The van der Waals surface area contributed by atoms with Gasteiger partial charge in [-0.1, -0.05) is 36.7 Å². The number of aromatic nitrogens is 2. The first-order valence-corrected chi connectivity index (χ1v) is 15.5. The SMILES string of the molecule is CC(C)(O[Si](C)(C)C(C)(C)C)c1cc(Nc2nn(C3COCCC3C#N)cc2C(N)=O)ccc1Br. The van der Waals surface area contributed by atoms with Gasteiger partial charge in [0.15, 0.2) is 14.1 Å². The third kappa shape index (κ3) is 5.97. The van der Waals surface area contributed by atoms with Gasteiger partial charge >= 0.3 is 0 Å². The topological polar surface area (TPSA) is 115 Å². The summed E-state index contributed by atoms with van der Waals surface area (Å²) in [5.74, 6) is -0.496. The lowest BCUT2D eigenvalue weighted by atomic mass is 9.97. The summed E-state index contributed by atoms with van der Waals surface area (Å²) in [5.41, 5.74) is 7.10. The molecule has 2 aromatic rings. The van der Waals surface area contributed by atoms with Crippen molar-refractivity contribution >= 4 is 41.7 Å². The van der Waals surface area contributed by atoms with Gasteiger partial charge in [0.05, 0.1) is 30.2 Å². The molecule has 2 unspecified atom stereocenters. The standard InChI is InChI=1S/C25H36BrN5O3Si/c1-24(2,3)35(6,7)34-25(4,5)19-12-17(8-9-20(19)26)29-23-18(22(28)32)14-31(30-23)21-15-33-11-10-16(21)13-27/h8-9,12,14,16,21H,10-11,15H2,1-7H3,(H2,28,32)(H,29,30). The Morgan fingerprint density at radius 2 is 2.03 bits per heavy atom. The Labute approximate surface area is 217 Å². The van der Waals surface area contributed by atoms with Crippen molar-refractivity contribution < 1.29 is 14.0 Å². The van der Waals surface area contributed by atoms with Crippen molar-refractivity contribution in [1.29, 1.82) is 5.26 Å². The van der Waals surface area contributed by atoms with Crippen LogP contribution in [0.3, 0.4) is 0 Å². The zero-order valence-electron chi connectivity index (χ0n) is 21.6. The lowest BCUT2D eigenvalue weighted by molar-refractivity contribution is 0.0342. The molecular weight excluding hydrogens is 526 g/mol. The number of amides is 1.